The summed E-state index contributed by atoms with van der Waals surface area (Å²) in [5.41, 5.74) is 2.19. The molecule has 4 aromatic heterocycles. The fraction of sp³-hybridized carbons (Fsp3) is 0.321. The van der Waals surface area contributed by atoms with Crippen molar-refractivity contribution in [2.45, 2.75) is 39.5 Å². The molecule has 0 aliphatic carbocycles. The molecule has 0 fully saturated rings. The van der Waals surface area contributed by atoms with Crippen molar-refractivity contribution in [1.82, 2.24) is 35.1 Å². The lowest BCUT2D eigenvalue weighted by Crippen LogP contribution is -2.35. The van der Waals surface area contributed by atoms with Crippen LogP contribution in [0.3, 0.4) is 0 Å². The lowest BCUT2D eigenvalue weighted by Gasteiger charge is -2.33. The Morgan fingerprint density at radius 3 is 2.67 bits per heavy atom. The van der Waals surface area contributed by atoms with Gasteiger partial charge in [-0.25, -0.2) is 4.68 Å². The van der Waals surface area contributed by atoms with Crippen LogP contribution in [0.4, 0.5) is 0 Å². The van der Waals surface area contributed by atoms with Crippen LogP contribution in [0.5, 0.6) is 11.5 Å². The largest absolute Gasteiger partial charge is 0.486 e. The number of nitrogens with one attached hydrogen (secondary N) is 1. The molecule has 0 saturated carbocycles. The van der Waals surface area contributed by atoms with E-state index in [0.717, 1.165) is 16.7 Å². The summed E-state index contributed by atoms with van der Waals surface area (Å²) in [6.45, 7) is 6.55. The van der Waals surface area contributed by atoms with Gasteiger partial charge in [0.25, 0.3) is 5.56 Å². The van der Waals surface area contributed by atoms with Gasteiger partial charge in [-0.15, -0.1) is 5.10 Å². The highest BCUT2D eigenvalue weighted by Crippen LogP contribution is 2.34. The highest BCUT2D eigenvalue weighted by molar-refractivity contribution is 5.83. The number of H-pyrrole nitrogens is 1. The Morgan fingerprint density at radius 2 is 1.92 bits per heavy atom. The van der Waals surface area contributed by atoms with Gasteiger partial charge in [-0.3, -0.25) is 14.7 Å². The molecule has 1 aromatic carbocycles. The zero-order valence-electron chi connectivity index (χ0n) is 21.8. The molecule has 0 radical (unpaired) electrons. The monoisotopic (exact) mass is 527 g/mol. The lowest BCUT2D eigenvalue weighted by molar-refractivity contribution is 0.125. The summed E-state index contributed by atoms with van der Waals surface area (Å²) in [7, 11) is 0. The zero-order chi connectivity index (χ0) is 26.8. The number of benzene rings is 1. The number of ether oxygens (including phenoxy) is 2. The molecular weight excluding hydrogens is 498 g/mol. The second-order valence-electron chi connectivity index (χ2n) is 9.94. The summed E-state index contributed by atoms with van der Waals surface area (Å²) in [5.74, 6) is 2.89. The number of rotatable bonds is 9. The van der Waals surface area contributed by atoms with E-state index in [-0.39, 0.29) is 17.5 Å². The molecule has 1 aliphatic heterocycles. The Morgan fingerprint density at radius 1 is 1.08 bits per heavy atom. The van der Waals surface area contributed by atoms with Crippen molar-refractivity contribution in [1.29, 1.82) is 0 Å². The van der Waals surface area contributed by atoms with Gasteiger partial charge in [0.05, 0.1) is 17.8 Å². The van der Waals surface area contributed by atoms with Crippen LogP contribution in [-0.2, 0) is 19.6 Å². The van der Waals surface area contributed by atoms with Crippen LogP contribution in [0, 0.1) is 5.92 Å². The van der Waals surface area contributed by atoms with Crippen LogP contribution < -0.4 is 15.0 Å². The van der Waals surface area contributed by atoms with Crippen LogP contribution in [-0.4, -0.2) is 48.3 Å². The molecule has 0 bridgehead atoms. The van der Waals surface area contributed by atoms with Gasteiger partial charge in [0.15, 0.2) is 17.3 Å². The Labute approximate surface area is 224 Å². The highest BCUT2D eigenvalue weighted by Gasteiger charge is 2.30. The number of tetrazole rings is 1. The molecule has 1 aliphatic rings. The number of hydrogen-bond acceptors (Lipinski definition) is 9. The van der Waals surface area contributed by atoms with E-state index in [0.29, 0.717) is 61.3 Å². The number of furan rings is 1. The minimum atomic E-state index is -0.203. The maximum absolute atomic E-state index is 13.3. The molecule has 39 heavy (non-hydrogen) atoms. The minimum absolute atomic E-state index is 0.125. The van der Waals surface area contributed by atoms with Gasteiger partial charge in [0.2, 0.25) is 0 Å². The molecule has 11 heteroatoms. The second kappa shape index (κ2) is 10.7. The third-order valence-electron chi connectivity index (χ3n) is 6.80. The standard InChI is InChI=1S/C28H29N7O4/c1-18(2)26(27-31-32-33-35(27)17-22-6-4-8-37-22)34(15-19-5-3-7-29-14-19)16-21-11-20-12-24-25(39-10-9-38-24)13-23(20)30-28(21)36/h3-8,11-14,18,26H,9-10,15-17H2,1-2H3,(H,30,36)/t26-/m1/s1. The maximum atomic E-state index is 13.3. The smallest absolute Gasteiger partial charge is 0.252 e. The number of hydrogen-bond donors (Lipinski definition) is 1. The maximum Gasteiger partial charge on any atom is 0.252 e. The molecular formula is C28H29N7O4. The summed E-state index contributed by atoms with van der Waals surface area (Å²) in [6, 6.07) is 13.1. The molecule has 200 valence electrons. The normalized spacial score (nSPS) is 13.8. The molecule has 0 saturated heterocycles. The molecule has 0 spiro atoms. The number of nitrogens with zero attached hydrogens (tertiary/aromatic N) is 6. The third kappa shape index (κ3) is 5.26. The predicted molar refractivity (Wildman–Crippen MR) is 142 cm³/mol. The van der Waals surface area contributed by atoms with E-state index in [1.165, 1.54) is 0 Å². The number of pyridine rings is 2. The summed E-state index contributed by atoms with van der Waals surface area (Å²) >= 11 is 0. The van der Waals surface area contributed by atoms with Gasteiger partial charge >= 0.3 is 0 Å². The number of aromatic amines is 1. The Balaban J connectivity index is 1.39. The zero-order valence-corrected chi connectivity index (χ0v) is 21.8. The Kier molecular flexibility index (Phi) is 6.80. The summed E-state index contributed by atoms with van der Waals surface area (Å²) in [6.07, 6.45) is 5.22. The molecule has 11 nitrogen and oxygen atoms in total. The van der Waals surface area contributed by atoms with Crippen LogP contribution >= 0.6 is 0 Å². The lowest BCUT2D eigenvalue weighted by atomic mass is 9.99. The quantitative estimate of drug-likeness (QED) is 0.305. The van der Waals surface area contributed by atoms with E-state index in [2.05, 4.69) is 44.2 Å². The average Bonchev–Trinajstić information content (AvgIpc) is 3.61. The van der Waals surface area contributed by atoms with Gasteiger partial charge in [0.1, 0.15) is 25.5 Å². The first-order chi connectivity index (χ1) is 19.0. The van der Waals surface area contributed by atoms with Crippen LogP contribution in [0.15, 0.2) is 70.3 Å². The van der Waals surface area contributed by atoms with Crippen LogP contribution in [0.1, 0.15) is 42.6 Å². The van der Waals surface area contributed by atoms with Crippen molar-refractivity contribution >= 4 is 10.9 Å². The van der Waals surface area contributed by atoms with Gasteiger partial charge in [-0.05, 0) is 52.2 Å². The fourth-order valence-corrected chi connectivity index (χ4v) is 5.07. The number of fused-ring (bicyclic) bond motifs is 2. The van der Waals surface area contributed by atoms with E-state index in [4.69, 9.17) is 13.9 Å². The molecule has 0 amide bonds. The molecule has 5 aromatic rings. The molecule has 1 atom stereocenters. The highest BCUT2D eigenvalue weighted by atomic mass is 16.6. The predicted octanol–water partition coefficient (Wildman–Crippen LogP) is 3.72. The van der Waals surface area contributed by atoms with E-state index >= 15 is 0 Å². The second-order valence-corrected chi connectivity index (χ2v) is 9.94. The minimum Gasteiger partial charge on any atom is -0.486 e. The van der Waals surface area contributed by atoms with E-state index in [1.807, 2.05) is 48.7 Å². The van der Waals surface area contributed by atoms with Crippen molar-refractivity contribution in [2.75, 3.05) is 13.2 Å². The Hall–Kier alpha value is -4.51. The first-order valence-corrected chi connectivity index (χ1v) is 12.9. The fourth-order valence-electron chi connectivity index (χ4n) is 5.07. The topological polar surface area (TPSA) is 124 Å². The number of aromatic nitrogens is 6. The van der Waals surface area contributed by atoms with Crippen LogP contribution in [0.2, 0.25) is 0 Å². The van der Waals surface area contributed by atoms with Crippen molar-refractivity contribution in [3.63, 3.8) is 0 Å². The van der Waals surface area contributed by atoms with E-state index in [1.54, 1.807) is 17.1 Å². The third-order valence-corrected chi connectivity index (χ3v) is 6.80. The molecule has 5 heterocycles. The van der Waals surface area contributed by atoms with Gasteiger partial charge in [-0.2, -0.15) is 0 Å². The van der Waals surface area contributed by atoms with Crippen molar-refractivity contribution in [2.24, 2.45) is 5.92 Å². The van der Waals surface area contributed by atoms with E-state index in [9.17, 15) is 4.79 Å². The van der Waals surface area contributed by atoms with Gasteiger partial charge < -0.3 is 18.9 Å². The van der Waals surface area contributed by atoms with Gasteiger partial charge in [0, 0.05) is 42.5 Å². The van der Waals surface area contributed by atoms with Crippen molar-refractivity contribution < 1.29 is 13.9 Å². The first kappa shape index (κ1) is 24.8. The van der Waals surface area contributed by atoms with Crippen molar-refractivity contribution in [3.8, 4) is 11.5 Å². The van der Waals surface area contributed by atoms with E-state index < -0.39 is 0 Å². The van der Waals surface area contributed by atoms with Gasteiger partial charge in [-0.1, -0.05) is 19.9 Å². The van der Waals surface area contributed by atoms with Crippen LogP contribution in [0.25, 0.3) is 10.9 Å². The summed E-state index contributed by atoms with van der Waals surface area (Å²) < 4.78 is 18.8. The summed E-state index contributed by atoms with van der Waals surface area (Å²) in [5, 5.41) is 13.5. The first-order valence-electron chi connectivity index (χ1n) is 12.9. The Bertz CT molecular complexity index is 1610. The summed E-state index contributed by atoms with van der Waals surface area (Å²) in [4.78, 5) is 22.9. The molecule has 6 rings (SSSR count). The SMILES string of the molecule is CC(C)[C@H](c1nnnn1Cc1ccco1)N(Cc1cccnc1)Cc1cc2cc3c(cc2[nH]c1=O)OCCO3. The molecule has 0 unspecified atom stereocenters. The average molecular weight is 528 g/mol. The molecule has 1 N–H and O–H groups in total. The van der Waals surface area contributed by atoms with Crippen molar-refractivity contribution in [3.05, 3.63) is 94.2 Å².